The number of nitrogens with one attached hydrogen (secondary N) is 1. The second-order valence-electron chi connectivity index (χ2n) is 5.31. The van der Waals surface area contributed by atoms with Gasteiger partial charge in [0.1, 0.15) is 5.82 Å². The third-order valence-electron chi connectivity index (χ3n) is 3.87. The lowest BCUT2D eigenvalue weighted by Crippen LogP contribution is -2.48. The van der Waals surface area contributed by atoms with Gasteiger partial charge in [-0.15, -0.1) is 0 Å². The predicted molar refractivity (Wildman–Crippen MR) is 74.6 cm³/mol. The fourth-order valence-electron chi connectivity index (χ4n) is 2.90. The van der Waals surface area contributed by atoms with Crippen LogP contribution >= 0.6 is 0 Å². The van der Waals surface area contributed by atoms with Crippen LogP contribution in [0.4, 0.5) is 10.1 Å². The summed E-state index contributed by atoms with van der Waals surface area (Å²) in [4.78, 5) is 2.38. The van der Waals surface area contributed by atoms with Gasteiger partial charge in [-0.1, -0.05) is 13.8 Å². The van der Waals surface area contributed by atoms with E-state index in [9.17, 15) is 4.39 Å². The molecule has 1 aromatic rings. The highest BCUT2D eigenvalue weighted by molar-refractivity contribution is 5.53. The minimum atomic E-state index is -0.146. The van der Waals surface area contributed by atoms with E-state index in [0.717, 1.165) is 31.6 Å². The van der Waals surface area contributed by atoms with E-state index in [0.29, 0.717) is 12.0 Å². The van der Waals surface area contributed by atoms with Gasteiger partial charge in [-0.2, -0.15) is 0 Å². The van der Waals surface area contributed by atoms with Gasteiger partial charge in [-0.3, -0.25) is 0 Å². The first kappa shape index (κ1) is 13.3. The lowest BCUT2D eigenvalue weighted by atomic mass is 9.93. The molecule has 1 fully saturated rings. The van der Waals surface area contributed by atoms with Crippen molar-refractivity contribution >= 4 is 5.69 Å². The smallest absolute Gasteiger partial charge is 0.123 e. The molecule has 3 heteroatoms. The summed E-state index contributed by atoms with van der Waals surface area (Å²) in [6.07, 6.45) is 1.16. The fourth-order valence-corrected chi connectivity index (χ4v) is 2.90. The first-order valence-electron chi connectivity index (χ1n) is 6.86. The van der Waals surface area contributed by atoms with E-state index in [1.54, 1.807) is 12.1 Å². The van der Waals surface area contributed by atoms with Crippen molar-refractivity contribution in [3.05, 3.63) is 29.6 Å². The Balaban J connectivity index is 2.07. The topological polar surface area (TPSA) is 15.3 Å². The van der Waals surface area contributed by atoms with Gasteiger partial charge in [0.15, 0.2) is 0 Å². The minimum absolute atomic E-state index is 0.146. The zero-order chi connectivity index (χ0) is 13.1. The van der Waals surface area contributed by atoms with Gasteiger partial charge < -0.3 is 10.2 Å². The molecular formula is C15H23FN2. The summed E-state index contributed by atoms with van der Waals surface area (Å²) in [7, 11) is 0. The van der Waals surface area contributed by atoms with Crippen molar-refractivity contribution < 1.29 is 4.39 Å². The van der Waals surface area contributed by atoms with Crippen LogP contribution < -0.4 is 10.2 Å². The SMILES string of the molecule is CCNC1CCN(c2ccc(F)cc2C)CC1C. The van der Waals surface area contributed by atoms with E-state index in [4.69, 9.17) is 0 Å². The third-order valence-corrected chi connectivity index (χ3v) is 3.87. The number of hydrogen-bond donors (Lipinski definition) is 1. The van der Waals surface area contributed by atoms with Crippen molar-refractivity contribution in [2.45, 2.75) is 33.2 Å². The van der Waals surface area contributed by atoms with E-state index in [1.807, 2.05) is 13.0 Å². The predicted octanol–water partition coefficient (Wildman–Crippen LogP) is 2.96. The number of halogens is 1. The van der Waals surface area contributed by atoms with Crippen LogP contribution in [0.25, 0.3) is 0 Å². The Labute approximate surface area is 109 Å². The number of nitrogens with zero attached hydrogens (tertiary/aromatic N) is 1. The van der Waals surface area contributed by atoms with Crippen molar-refractivity contribution in [2.75, 3.05) is 24.5 Å². The summed E-state index contributed by atoms with van der Waals surface area (Å²) < 4.78 is 13.1. The molecule has 1 aliphatic heterocycles. The van der Waals surface area contributed by atoms with E-state index in [1.165, 1.54) is 5.69 Å². The second-order valence-corrected chi connectivity index (χ2v) is 5.31. The van der Waals surface area contributed by atoms with Crippen LogP contribution in [0, 0.1) is 18.7 Å². The van der Waals surface area contributed by atoms with E-state index >= 15 is 0 Å². The molecule has 1 heterocycles. The summed E-state index contributed by atoms with van der Waals surface area (Å²) in [6, 6.07) is 5.71. The molecule has 1 N–H and O–H groups in total. The average Bonchev–Trinajstić information content (AvgIpc) is 2.32. The van der Waals surface area contributed by atoms with Gasteiger partial charge in [-0.25, -0.2) is 4.39 Å². The van der Waals surface area contributed by atoms with Crippen LogP contribution in [-0.2, 0) is 0 Å². The van der Waals surface area contributed by atoms with E-state index < -0.39 is 0 Å². The van der Waals surface area contributed by atoms with Gasteiger partial charge in [0.2, 0.25) is 0 Å². The van der Waals surface area contributed by atoms with Gasteiger partial charge in [0.05, 0.1) is 0 Å². The van der Waals surface area contributed by atoms with Crippen molar-refractivity contribution in [1.82, 2.24) is 5.32 Å². The maximum atomic E-state index is 13.1. The monoisotopic (exact) mass is 250 g/mol. The summed E-state index contributed by atoms with van der Waals surface area (Å²) in [5, 5.41) is 3.54. The Morgan fingerprint density at radius 1 is 1.44 bits per heavy atom. The standard InChI is InChI=1S/C15H23FN2/c1-4-17-14-7-8-18(10-12(14)3)15-6-5-13(16)9-11(15)2/h5-6,9,12,14,17H,4,7-8,10H2,1-3H3. The molecule has 0 aromatic heterocycles. The molecule has 0 saturated carbocycles. The molecule has 100 valence electrons. The first-order chi connectivity index (χ1) is 8.61. The zero-order valence-corrected chi connectivity index (χ0v) is 11.5. The summed E-state index contributed by atoms with van der Waals surface area (Å²) in [5.41, 5.74) is 2.21. The van der Waals surface area contributed by atoms with Gasteiger partial charge in [0, 0.05) is 24.8 Å². The number of benzene rings is 1. The molecule has 18 heavy (non-hydrogen) atoms. The highest BCUT2D eigenvalue weighted by atomic mass is 19.1. The van der Waals surface area contributed by atoms with E-state index in [2.05, 4.69) is 24.1 Å². The number of anilines is 1. The summed E-state index contributed by atoms with van der Waals surface area (Å²) in [5.74, 6) is 0.481. The minimum Gasteiger partial charge on any atom is -0.371 e. The van der Waals surface area contributed by atoms with Crippen LogP contribution in [-0.4, -0.2) is 25.7 Å². The molecular weight excluding hydrogens is 227 g/mol. The maximum absolute atomic E-state index is 13.1. The number of hydrogen-bond acceptors (Lipinski definition) is 2. The molecule has 1 aliphatic rings. The molecule has 1 saturated heterocycles. The quantitative estimate of drug-likeness (QED) is 0.887. The highest BCUT2D eigenvalue weighted by Crippen LogP contribution is 2.26. The molecule has 2 nitrogen and oxygen atoms in total. The lowest BCUT2D eigenvalue weighted by Gasteiger charge is -2.39. The summed E-state index contributed by atoms with van der Waals surface area (Å²) >= 11 is 0. The molecule has 0 spiro atoms. The fraction of sp³-hybridized carbons (Fsp3) is 0.600. The Morgan fingerprint density at radius 3 is 2.83 bits per heavy atom. The average molecular weight is 250 g/mol. The Hall–Kier alpha value is -1.09. The number of rotatable bonds is 3. The van der Waals surface area contributed by atoms with Crippen LogP contribution in [0.1, 0.15) is 25.8 Å². The van der Waals surface area contributed by atoms with Crippen LogP contribution in [0.2, 0.25) is 0 Å². The van der Waals surface area contributed by atoms with Crippen LogP contribution in [0.5, 0.6) is 0 Å². The Bertz CT molecular complexity index is 405. The first-order valence-corrected chi connectivity index (χ1v) is 6.86. The van der Waals surface area contributed by atoms with Gasteiger partial charge >= 0.3 is 0 Å². The molecule has 2 rings (SSSR count). The van der Waals surface area contributed by atoms with Gasteiger partial charge in [-0.05, 0) is 49.6 Å². The van der Waals surface area contributed by atoms with Gasteiger partial charge in [0.25, 0.3) is 0 Å². The molecule has 0 radical (unpaired) electrons. The normalized spacial score (nSPS) is 24.3. The largest absolute Gasteiger partial charge is 0.371 e. The lowest BCUT2D eigenvalue weighted by molar-refractivity contribution is 0.326. The van der Waals surface area contributed by atoms with Crippen LogP contribution in [0.3, 0.4) is 0 Å². The molecule has 2 atom stereocenters. The third kappa shape index (κ3) is 2.83. The van der Waals surface area contributed by atoms with Crippen molar-refractivity contribution in [3.63, 3.8) is 0 Å². The molecule has 0 bridgehead atoms. The maximum Gasteiger partial charge on any atom is 0.123 e. The van der Waals surface area contributed by atoms with Crippen LogP contribution in [0.15, 0.2) is 18.2 Å². The molecule has 0 aliphatic carbocycles. The molecule has 2 unspecified atom stereocenters. The van der Waals surface area contributed by atoms with Crippen molar-refractivity contribution in [1.29, 1.82) is 0 Å². The Morgan fingerprint density at radius 2 is 2.22 bits per heavy atom. The van der Waals surface area contributed by atoms with E-state index in [-0.39, 0.29) is 5.82 Å². The molecule has 0 amide bonds. The zero-order valence-electron chi connectivity index (χ0n) is 11.5. The second kappa shape index (κ2) is 5.70. The number of piperidine rings is 1. The highest BCUT2D eigenvalue weighted by Gasteiger charge is 2.25. The Kier molecular flexibility index (Phi) is 4.23. The molecule has 1 aromatic carbocycles. The summed E-state index contributed by atoms with van der Waals surface area (Å²) in [6.45, 7) is 9.56. The van der Waals surface area contributed by atoms with Crippen molar-refractivity contribution in [3.8, 4) is 0 Å². The number of aryl methyl sites for hydroxylation is 1. The van der Waals surface area contributed by atoms with Crippen molar-refractivity contribution in [2.24, 2.45) is 5.92 Å².